The van der Waals surface area contributed by atoms with Gasteiger partial charge >= 0.3 is 0 Å². The molecule has 1 aliphatic rings. The molecule has 0 bridgehead atoms. The zero-order chi connectivity index (χ0) is 12.3. The molecule has 16 heavy (non-hydrogen) atoms. The van der Waals surface area contributed by atoms with Crippen molar-refractivity contribution in [3.05, 3.63) is 0 Å². The van der Waals surface area contributed by atoms with Crippen molar-refractivity contribution in [1.82, 2.24) is 10.2 Å². The molecule has 4 nitrogen and oxygen atoms in total. The van der Waals surface area contributed by atoms with E-state index in [4.69, 9.17) is 5.73 Å². The van der Waals surface area contributed by atoms with Crippen molar-refractivity contribution >= 4 is 5.91 Å². The summed E-state index contributed by atoms with van der Waals surface area (Å²) in [6.45, 7) is 10.9. The molecule has 1 heterocycles. The van der Waals surface area contributed by atoms with Crippen molar-refractivity contribution in [3.63, 3.8) is 0 Å². The first-order valence-electron chi connectivity index (χ1n) is 6.06. The van der Waals surface area contributed by atoms with Gasteiger partial charge in [-0.3, -0.25) is 9.69 Å². The highest BCUT2D eigenvalue weighted by atomic mass is 16.1. The Bertz CT molecular complexity index is 247. The molecule has 1 fully saturated rings. The molecule has 1 saturated heterocycles. The molecule has 4 heteroatoms. The molecule has 0 aliphatic carbocycles. The van der Waals surface area contributed by atoms with Crippen molar-refractivity contribution in [1.29, 1.82) is 0 Å². The van der Waals surface area contributed by atoms with E-state index in [1.54, 1.807) is 6.92 Å². The van der Waals surface area contributed by atoms with Crippen LogP contribution in [0.4, 0.5) is 0 Å². The number of nitrogens with zero attached hydrogens (tertiary/aromatic N) is 1. The van der Waals surface area contributed by atoms with E-state index in [1.165, 1.54) is 0 Å². The molecule has 0 spiro atoms. The fraction of sp³-hybridized carbons (Fsp3) is 0.917. The molecule has 1 aliphatic heterocycles. The van der Waals surface area contributed by atoms with E-state index < -0.39 is 0 Å². The van der Waals surface area contributed by atoms with Crippen LogP contribution >= 0.6 is 0 Å². The number of nitrogens with two attached hydrogens (primary N) is 1. The topological polar surface area (TPSA) is 58.4 Å². The second-order valence-corrected chi connectivity index (χ2v) is 5.80. The van der Waals surface area contributed by atoms with Crippen LogP contribution in [0.1, 0.15) is 34.1 Å². The highest BCUT2D eigenvalue weighted by Crippen LogP contribution is 2.26. The average molecular weight is 227 g/mol. The lowest BCUT2D eigenvalue weighted by molar-refractivity contribution is -0.119. The maximum Gasteiger partial charge on any atom is 0.217 e. The van der Waals surface area contributed by atoms with Crippen LogP contribution in [0.3, 0.4) is 0 Å². The summed E-state index contributed by atoms with van der Waals surface area (Å²) < 4.78 is 0. The van der Waals surface area contributed by atoms with Gasteiger partial charge in [-0.25, -0.2) is 0 Å². The van der Waals surface area contributed by atoms with E-state index >= 15 is 0 Å². The normalized spacial score (nSPS) is 24.4. The Balaban J connectivity index is 2.54. The van der Waals surface area contributed by atoms with E-state index in [0.29, 0.717) is 18.6 Å². The molecule has 2 unspecified atom stereocenters. The monoisotopic (exact) mass is 227 g/mol. The largest absolute Gasteiger partial charge is 0.352 e. The molecule has 0 aromatic carbocycles. The molecule has 94 valence electrons. The number of likely N-dealkylation sites (tertiary alicyclic amines) is 1. The quantitative estimate of drug-likeness (QED) is 0.741. The van der Waals surface area contributed by atoms with Crippen LogP contribution in [0.5, 0.6) is 0 Å². The molecule has 0 radical (unpaired) electrons. The first-order chi connectivity index (χ1) is 7.34. The molecule has 1 amide bonds. The van der Waals surface area contributed by atoms with Gasteiger partial charge in [0.25, 0.3) is 0 Å². The first kappa shape index (κ1) is 13.5. The van der Waals surface area contributed by atoms with E-state index in [-0.39, 0.29) is 11.3 Å². The Morgan fingerprint density at radius 3 is 2.62 bits per heavy atom. The molecular formula is C12H25N3O. The number of rotatable bonds is 3. The van der Waals surface area contributed by atoms with E-state index in [9.17, 15) is 4.79 Å². The Labute approximate surface area is 98.6 Å². The van der Waals surface area contributed by atoms with Crippen molar-refractivity contribution in [2.45, 2.75) is 46.2 Å². The van der Waals surface area contributed by atoms with Gasteiger partial charge in [-0.05, 0) is 11.8 Å². The number of hydrogen-bond donors (Lipinski definition) is 2. The molecule has 0 aromatic rings. The second-order valence-electron chi connectivity index (χ2n) is 5.80. The van der Waals surface area contributed by atoms with E-state index in [1.807, 2.05) is 0 Å². The molecule has 3 N–H and O–H groups in total. The van der Waals surface area contributed by atoms with Crippen molar-refractivity contribution in [3.8, 4) is 0 Å². The lowest BCUT2D eigenvalue weighted by Gasteiger charge is -2.37. The number of amides is 1. The van der Waals surface area contributed by atoms with Gasteiger partial charge in [-0.15, -0.1) is 0 Å². The maximum atomic E-state index is 11.0. The summed E-state index contributed by atoms with van der Waals surface area (Å²) >= 11 is 0. The SMILES string of the molecule is CC(=O)NC1CCN(C(CN)C(C)(C)C)C1. The van der Waals surface area contributed by atoms with Crippen LogP contribution in [0, 0.1) is 5.41 Å². The molecular weight excluding hydrogens is 202 g/mol. The van der Waals surface area contributed by atoms with Crippen molar-refractivity contribution < 1.29 is 4.79 Å². The third kappa shape index (κ3) is 3.46. The van der Waals surface area contributed by atoms with Gasteiger partial charge in [0.15, 0.2) is 0 Å². The zero-order valence-electron chi connectivity index (χ0n) is 10.9. The predicted molar refractivity (Wildman–Crippen MR) is 66.1 cm³/mol. The van der Waals surface area contributed by atoms with Crippen LogP contribution in [0.15, 0.2) is 0 Å². The van der Waals surface area contributed by atoms with Gasteiger partial charge in [0.05, 0.1) is 0 Å². The minimum atomic E-state index is 0.0620. The first-order valence-corrected chi connectivity index (χ1v) is 6.06. The smallest absolute Gasteiger partial charge is 0.217 e. The molecule has 0 saturated carbocycles. The van der Waals surface area contributed by atoms with Gasteiger partial charge in [-0.2, -0.15) is 0 Å². The number of nitrogens with one attached hydrogen (secondary N) is 1. The summed E-state index contributed by atoms with van der Waals surface area (Å²) in [5, 5.41) is 2.98. The molecule has 0 aromatic heterocycles. The fourth-order valence-corrected chi connectivity index (χ4v) is 2.53. The average Bonchev–Trinajstić information content (AvgIpc) is 2.50. The summed E-state index contributed by atoms with van der Waals surface area (Å²) in [4.78, 5) is 13.4. The lowest BCUT2D eigenvalue weighted by Crippen LogP contribution is -2.48. The Morgan fingerprint density at radius 2 is 2.19 bits per heavy atom. The predicted octanol–water partition coefficient (Wildman–Crippen LogP) is 0.570. The molecule has 2 atom stereocenters. The fourth-order valence-electron chi connectivity index (χ4n) is 2.53. The van der Waals surface area contributed by atoms with E-state index in [0.717, 1.165) is 19.5 Å². The number of hydrogen-bond acceptors (Lipinski definition) is 3. The van der Waals surface area contributed by atoms with Gasteiger partial charge in [0, 0.05) is 38.6 Å². The van der Waals surface area contributed by atoms with E-state index in [2.05, 4.69) is 31.0 Å². The van der Waals surface area contributed by atoms with Gasteiger partial charge in [0.2, 0.25) is 5.91 Å². The van der Waals surface area contributed by atoms with Crippen LogP contribution in [-0.2, 0) is 4.79 Å². The highest BCUT2D eigenvalue weighted by Gasteiger charge is 2.34. The van der Waals surface area contributed by atoms with Gasteiger partial charge in [0.1, 0.15) is 0 Å². The van der Waals surface area contributed by atoms with Crippen LogP contribution in [0.2, 0.25) is 0 Å². The standard InChI is InChI=1S/C12H25N3O/c1-9(16)14-10-5-6-15(8-10)11(7-13)12(2,3)4/h10-11H,5-8,13H2,1-4H3,(H,14,16). The third-order valence-electron chi connectivity index (χ3n) is 3.29. The van der Waals surface area contributed by atoms with Crippen molar-refractivity contribution in [2.24, 2.45) is 11.1 Å². The minimum absolute atomic E-state index is 0.0620. The van der Waals surface area contributed by atoms with Crippen LogP contribution < -0.4 is 11.1 Å². The van der Waals surface area contributed by atoms with Crippen molar-refractivity contribution in [2.75, 3.05) is 19.6 Å². The number of carbonyl (C=O) groups excluding carboxylic acids is 1. The van der Waals surface area contributed by atoms with Gasteiger partial charge in [-0.1, -0.05) is 20.8 Å². The van der Waals surface area contributed by atoms with Crippen LogP contribution in [-0.4, -0.2) is 42.5 Å². The summed E-state index contributed by atoms with van der Waals surface area (Å²) in [6, 6.07) is 0.695. The lowest BCUT2D eigenvalue weighted by atomic mass is 9.86. The van der Waals surface area contributed by atoms with Crippen LogP contribution in [0.25, 0.3) is 0 Å². The molecule has 1 rings (SSSR count). The second kappa shape index (κ2) is 5.15. The number of carbonyl (C=O) groups is 1. The Morgan fingerprint density at radius 1 is 1.56 bits per heavy atom. The zero-order valence-corrected chi connectivity index (χ0v) is 10.9. The summed E-state index contributed by atoms with van der Waals surface area (Å²) in [7, 11) is 0. The summed E-state index contributed by atoms with van der Waals surface area (Å²) in [5.41, 5.74) is 6.05. The Kier molecular flexibility index (Phi) is 4.33. The highest BCUT2D eigenvalue weighted by molar-refractivity contribution is 5.73. The summed E-state index contributed by atoms with van der Waals surface area (Å²) in [5.74, 6) is 0.0620. The minimum Gasteiger partial charge on any atom is -0.352 e. The van der Waals surface area contributed by atoms with Gasteiger partial charge < -0.3 is 11.1 Å². The summed E-state index contributed by atoms with van der Waals surface area (Å²) in [6.07, 6.45) is 1.03. The Hall–Kier alpha value is -0.610. The maximum absolute atomic E-state index is 11.0. The third-order valence-corrected chi connectivity index (χ3v) is 3.29.